The molecule has 0 spiro atoms. The molecule has 3 nitrogen and oxygen atoms in total. The lowest BCUT2D eigenvalue weighted by atomic mass is 10.1. The molecular formula is C16H16BrFO3. The molecule has 0 radical (unpaired) electrons. The molecule has 21 heavy (non-hydrogen) atoms. The van der Waals surface area contributed by atoms with Crippen molar-refractivity contribution in [1.29, 1.82) is 0 Å². The molecule has 0 bridgehead atoms. The summed E-state index contributed by atoms with van der Waals surface area (Å²) in [4.78, 5) is 0. The first-order chi connectivity index (χ1) is 10.0. The van der Waals surface area contributed by atoms with Crippen molar-refractivity contribution in [1.82, 2.24) is 0 Å². The topological polar surface area (TPSA) is 38.7 Å². The Balaban J connectivity index is 2.18. The third-order valence-corrected chi connectivity index (χ3v) is 3.56. The Labute approximate surface area is 131 Å². The Morgan fingerprint density at radius 1 is 1.24 bits per heavy atom. The number of aliphatic hydroxyl groups excluding tert-OH is 1. The van der Waals surface area contributed by atoms with Crippen LogP contribution in [0.5, 0.6) is 11.5 Å². The number of hydrogen-bond acceptors (Lipinski definition) is 3. The average molecular weight is 355 g/mol. The summed E-state index contributed by atoms with van der Waals surface area (Å²) in [7, 11) is 1.49. The van der Waals surface area contributed by atoms with Gasteiger partial charge in [0.2, 0.25) is 0 Å². The summed E-state index contributed by atoms with van der Waals surface area (Å²) in [6, 6.07) is 9.96. The van der Waals surface area contributed by atoms with E-state index in [4.69, 9.17) is 9.47 Å². The summed E-state index contributed by atoms with van der Waals surface area (Å²) in [6.45, 7) is 1.73. The van der Waals surface area contributed by atoms with Crippen LogP contribution in [0.2, 0.25) is 0 Å². The van der Waals surface area contributed by atoms with Crippen LogP contribution in [0.4, 0.5) is 4.39 Å². The maximum atomic E-state index is 13.9. The monoisotopic (exact) mass is 354 g/mol. The van der Waals surface area contributed by atoms with Gasteiger partial charge in [0, 0.05) is 21.7 Å². The maximum absolute atomic E-state index is 13.9. The summed E-state index contributed by atoms with van der Waals surface area (Å²) in [6.07, 6.45) is -0.659. The average Bonchev–Trinajstić information content (AvgIpc) is 2.45. The minimum atomic E-state index is -0.659. The molecule has 0 amide bonds. The van der Waals surface area contributed by atoms with Gasteiger partial charge in [-0.3, -0.25) is 0 Å². The van der Waals surface area contributed by atoms with Gasteiger partial charge >= 0.3 is 0 Å². The standard InChI is InChI=1S/C16H16BrFO3/c1-10(19)14-6-4-12(17)7-16(14)21-9-11-3-5-13(20-2)8-15(11)18/h3-8,10,19H,9H2,1-2H3/t10-/m1/s1. The first kappa shape index (κ1) is 15.8. The van der Waals surface area contributed by atoms with Crippen LogP contribution in [-0.2, 0) is 6.61 Å². The highest BCUT2D eigenvalue weighted by molar-refractivity contribution is 9.10. The van der Waals surface area contributed by atoms with E-state index in [1.54, 1.807) is 31.2 Å². The van der Waals surface area contributed by atoms with Crippen molar-refractivity contribution in [2.75, 3.05) is 7.11 Å². The molecule has 112 valence electrons. The Morgan fingerprint density at radius 3 is 2.62 bits per heavy atom. The first-order valence-electron chi connectivity index (χ1n) is 6.44. The Kier molecular flexibility index (Phi) is 5.20. The number of rotatable bonds is 5. The number of hydrogen-bond donors (Lipinski definition) is 1. The van der Waals surface area contributed by atoms with Gasteiger partial charge < -0.3 is 14.6 Å². The van der Waals surface area contributed by atoms with E-state index in [0.29, 0.717) is 22.6 Å². The lowest BCUT2D eigenvalue weighted by molar-refractivity contribution is 0.190. The zero-order chi connectivity index (χ0) is 15.4. The van der Waals surface area contributed by atoms with E-state index in [1.165, 1.54) is 13.2 Å². The molecule has 1 atom stereocenters. The van der Waals surface area contributed by atoms with Gasteiger partial charge in [-0.1, -0.05) is 22.0 Å². The van der Waals surface area contributed by atoms with Crippen LogP contribution < -0.4 is 9.47 Å². The summed E-state index contributed by atoms with van der Waals surface area (Å²) in [5.74, 6) is 0.598. The summed E-state index contributed by atoms with van der Waals surface area (Å²) in [5, 5.41) is 9.73. The molecule has 0 aromatic heterocycles. The van der Waals surface area contributed by atoms with Crippen molar-refractivity contribution in [2.45, 2.75) is 19.6 Å². The summed E-state index contributed by atoms with van der Waals surface area (Å²) < 4.78 is 25.3. The largest absolute Gasteiger partial charge is 0.497 e. The van der Waals surface area contributed by atoms with Gasteiger partial charge in [0.15, 0.2) is 0 Å². The first-order valence-corrected chi connectivity index (χ1v) is 7.23. The van der Waals surface area contributed by atoms with E-state index in [2.05, 4.69) is 15.9 Å². The smallest absolute Gasteiger partial charge is 0.133 e. The van der Waals surface area contributed by atoms with Crippen LogP contribution >= 0.6 is 15.9 Å². The van der Waals surface area contributed by atoms with E-state index in [-0.39, 0.29) is 12.4 Å². The highest BCUT2D eigenvalue weighted by atomic mass is 79.9. The third-order valence-electron chi connectivity index (χ3n) is 3.07. The van der Waals surface area contributed by atoms with Crippen LogP contribution in [0.25, 0.3) is 0 Å². The summed E-state index contributed by atoms with van der Waals surface area (Å²) >= 11 is 3.35. The molecule has 0 aliphatic carbocycles. The molecule has 2 aromatic carbocycles. The van der Waals surface area contributed by atoms with Crippen LogP contribution in [-0.4, -0.2) is 12.2 Å². The molecule has 5 heteroatoms. The summed E-state index contributed by atoms with van der Waals surface area (Å²) in [5.41, 5.74) is 1.08. The van der Waals surface area contributed by atoms with Gasteiger partial charge in [-0.15, -0.1) is 0 Å². The number of aliphatic hydroxyl groups is 1. The van der Waals surface area contributed by atoms with Gasteiger partial charge in [-0.25, -0.2) is 4.39 Å². The van der Waals surface area contributed by atoms with E-state index >= 15 is 0 Å². The molecule has 0 saturated heterocycles. The minimum Gasteiger partial charge on any atom is -0.497 e. The fourth-order valence-corrected chi connectivity index (χ4v) is 2.25. The highest BCUT2D eigenvalue weighted by Crippen LogP contribution is 2.29. The minimum absolute atomic E-state index is 0.0754. The zero-order valence-electron chi connectivity index (χ0n) is 11.8. The molecule has 0 aliphatic heterocycles. The van der Waals surface area contributed by atoms with Crippen LogP contribution in [0.3, 0.4) is 0 Å². The molecule has 0 fully saturated rings. The van der Waals surface area contributed by atoms with E-state index in [9.17, 15) is 9.50 Å². The SMILES string of the molecule is COc1ccc(COc2cc(Br)ccc2[C@@H](C)O)c(F)c1. The lowest BCUT2D eigenvalue weighted by Crippen LogP contribution is -2.03. The van der Waals surface area contributed by atoms with Gasteiger partial charge in [0.25, 0.3) is 0 Å². The fourth-order valence-electron chi connectivity index (χ4n) is 1.91. The second-order valence-corrected chi connectivity index (χ2v) is 5.52. The van der Waals surface area contributed by atoms with Crippen molar-refractivity contribution in [3.8, 4) is 11.5 Å². The molecule has 0 unspecified atom stereocenters. The lowest BCUT2D eigenvalue weighted by Gasteiger charge is -2.14. The highest BCUT2D eigenvalue weighted by Gasteiger charge is 2.11. The van der Waals surface area contributed by atoms with Gasteiger partial charge in [-0.2, -0.15) is 0 Å². The quantitative estimate of drug-likeness (QED) is 0.873. The van der Waals surface area contributed by atoms with Crippen molar-refractivity contribution < 1.29 is 19.0 Å². The predicted molar refractivity (Wildman–Crippen MR) is 82.1 cm³/mol. The molecule has 2 rings (SSSR count). The number of ether oxygens (including phenoxy) is 2. The fraction of sp³-hybridized carbons (Fsp3) is 0.250. The molecule has 0 heterocycles. The van der Waals surface area contributed by atoms with Gasteiger partial charge in [0.1, 0.15) is 23.9 Å². The second-order valence-electron chi connectivity index (χ2n) is 4.60. The van der Waals surface area contributed by atoms with Gasteiger partial charge in [0.05, 0.1) is 13.2 Å². The second kappa shape index (κ2) is 6.91. The number of methoxy groups -OCH3 is 1. The molecule has 0 aliphatic rings. The van der Waals surface area contributed by atoms with E-state index in [0.717, 1.165) is 4.47 Å². The maximum Gasteiger partial charge on any atom is 0.133 e. The number of benzene rings is 2. The molecule has 0 saturated carbocycles. The Hall–Kier alpha value is -1.59. The van der Waals surface area contributed by atoms with Crippen molar-refractivity contribution in [2.24, 2.45) is 0 Å². The van der Waals surface area contributed by atoms with Crippen molar-refractivity contribution in [3.63, 3.8) is 0 Å². The third kappa shape index (κ3) is 3.95. The van der Waals surface area contributed by atoms with E-state index in [1.807, 2.05) is 6.07 Å². The molecule has 1 N–H and O–H groups in total. The van der Waals surface area contributed by atoms with Crippen LogP contribution in [0.15, 0.2) is 40.9 Å². The van der Waals surface area contributed by atoms with E-state index < -0.39 is 6.10 Å². The van der Waals surface area contributed by atoms with Gasteiger partial charge in [-0.05, 0) is 31.2 Å². The predicted octanol–water partition coefficient (Wildman–Crippen LogP) is 4.23. The van der Waals surface area contributed by atoms with Crippen LogP contribution in [0, 0.1) is 5.82 Å². The normalized spacial score (nSPS) is 12.0. The van der Waals surface area contributed by atoms with Crippen molar-refractivity contribution >= 4 is 15.9 Å². The number of halogens is 2. The Bertz CT molecular complexity index is 629. The Morgan fingerprint density at radius 2 is 2.00 bits per heavy atom. The molecule has 2 aromatic rings. The van der Waals surface area contributed by atoms with Crippen molar-refractivity contribution in [3.05, 3.63) is 57.8 Å². The van der Waals surface area contributed by atoms with Crippen LogP contribution in [0.1, 0.15) is 24.2 Å². The zero-order valence-corrected chi connectivity index (χ0v) is 13.4. The molecular weight excluding hydrogens is 339 g/mol.